The van der Waals surface area contributed by atoms with E-state index in [1.165, 1.54) is 6.07 Å². The average molecular weight is 281 g/mol. The number of nitrogens with one attached hydrogen (secondary N) is 1. The van der Waals surface area contributed by atoms with Crippen LogP contribution in [0.25, 0.3) is 0 Å². The smallest absolute Gasteiger partial charge is 0.124 e. The third kappa shape index (κ3) is 5.49. The van der Waals surface area contributed by atoms with Crippen molar-refractivity contribution in [3.8, 4) is 5.75 Å². The van der Waals surface area contributed by atoms with E-state index < -0.39 is 0 Å². The molecule has 0 radical (unpaired) electrons. The van der Waals surface area contributed by atoms with E-state index in [0.717, 1.165) is 37.1 Å². The summed E-state index contributed by atoms with van der Waals surface area (Å²) in [5.41, 5.74) is 0.905. The van der Waals surface area contributed by atoms with Gasteiger partial charge in [-0.2, -0.15) is 0 Å². The van der Waals surface area contributed by atoms with Crippen LogP contribution < -0.4 is 10.1 Å². The normalized spacial score (nSPS) is 14.1. The molecule has 2 atom stereocenters. The molecular weight excluding hydrogens is 253 g/mol. The summed E-state index contributed by atoms with van der Waals surface area (Å²) in [6.45, 7) is 10.1. The molecule has 0 amide bonds. The summed E-state index contributed by atoms with van der Waals surface area (Å²) in [4.78, 5) is 0. The second-order valence-corrected chi connectivity index (χ2v) is 5.56. The van der Waals surface area contributed by atoms with Gasteiger partial charge in [0.1, 0.15) is 11.6 Å². The van der Waals surface area contributed by atoms with E-state index in [1.54, 1.807) is 12.1 Å². The maximum absolute atomic E-state index is 13.5. The molecule has 0 aliphatic heterocycles. The van der Waals surface area contributed by atoms with E-state index in [0.29, 0.717) is 12.5 Å². The van der Waals surface area contributed by atoms with Gasteiger partial charge in [0, 0.05) is 11.6 Å². The summed E-state index contributed by atoms with van der Waals surface area (Å²) in [6, 6.07) is 4.89. The minimum Gasteiger partial charge on any atom is -0.493 e. The molecule has 2 nitrogen and oxygen atoms in total. The molecule has 2 unspecified atom stereocenters. The van der Waals surface area contributed by atoms with E-state index in [1.807, 2.05) is 6.92 Å². The van der Waals surface area contributed by atoms with E-state index in [9.17, 15) is 4.39 Å². The Hall–Kier alpha value is -1.09. The van der Waals surface area contributed by atoms with Crippen LogP contribution >= 0.6 is 0 Å². The van der Waals surface area contributed by atoms with Gasteiger partial charge in [-0.3, -0.25) is 0 Å². The maximum atomic E-state index is 13.5. The van der Waals surface area contributed by atoms with Crippen molar-refractivity contribution in [3.05, 3.63) is 29.6 Å². The van der Waals surface area contributed by atoms with Crippen molar-refractivity contribution in [1.82, 2.24) is 5.32 Å². The van der Waals surface area contributed by atoms with E-state index in [-0.39, 0.29) is 11.9 Å². The SMILES string of the molecule is CCCNC(C)c1cc(F)ccc1OCC(C)CCC. The summed E-state index contributed by atoms with van der Waals surface area (Å²) in [5.74, 6) is 1.11. The Balaban J connectivity index is 2.73. The number of ether oxygens (including phenoxy) is 1. The zero-order valence-electron chi connectivity index (χ0n) is 13.2. The Morgan fingerprint density at radius 3 is 2.60 bits per heavy atom. The van der Waals surface area contributed by atoms with Crippen molar-refractivity contribution in [2.45, 2.75) is 53.0 Å². The molecule has 0 bridgehead atoms. The second kappa shape index (κ2) is 8.96. The number of rotatable bonds is 9. The van der Waals surface area contributed by atoms with Crippen LogP contribution in [0, 0.1) is 11.7 Å². The quantitative estimate of drug-likeness (QED) is 0.708. The lowest BCUT2D eigenvalue weighted by Crippen LogP contribution is -2.20. The van der Waals surface area contributed by atoms with Crippen LogP contribution in [0.4, 0.5) is 4.39 Å². The Labute approximate surface area is 122 Å². The molecule has 1 N–H and O–H groups in total. The lowest BCUT2D eigenvalue weighted by atomic mass is 10.1. The highest BCUT2D eigenvalue weighted by Gasteiger charge is 2.13. The highest BCUT2D eigenvalue weighted by atomic mass is 19.1. The van der Waals surface area contributed by atoms with Gasteiger partial charge in [-0.15, -0.1) is 0 Å². The third-order valence-electron chi connectivity index (χ3n) is 3.44. The van der Waals surface area contributed by atoms with Crippen LogP contribution in [-0.4, -0.2) is 13.2 Å². The van der Waals surface area contributed by atoms with Gasteiger partial charge in [0.05, 0.1) is 6.61 Å². The summed E-state index contributed by atoms with van der Waals surface area (Å²) in [7, 11) is 0. The van der Waals surface area contributed by atoms with Gasteiger partial charge in [0.25, 0.3) is 0 Å². The average Bonchev–Trinajstić information content (AvgIpc) is 2.43. The zero-order valence-corrected chi connectivity index (χ0v) is 13.2. The van der Waals surface area contributed by atoms with Crippen LogP contribution in [0.5, 0.6) is 5.75 Å². The van der Waals surface area contributed by atoms with Gasteiger partial charge in [-0.1, -0.05) is 27.2 Å². The Kier molecular flexibility index (Phi) is 7.60. The summed E-state index contributed by atoms with van der Waals surface area (Å²) < 4.78 is 19.4. The van der Waals surface area contributed by atoms with Crippen LogP contribution in [0.3, 0.4) is 0 Å². The molecule has 0 fully saturated rings. The van der Waals surface area contributed by atoms with Crippen LogP contribution in [0.15, 0.2) is 18.2 Å². The fraction of sp³-hybridized carbons (Fsp3) is 0.647. The predicted octanol–water partition coefficient (Wildman–Crippen LogP) is 4.70. The van der Waals surface area contributed by atoms with E-state index in [4.69, 9.17) is 4.74 Å². The van der Waals surface area contributed by atoms with E-state index in [2.05, 4.69) is 26.1 Å². The molecule has 0 saturated heterocycles. The zero-order chi connectivity index (χ0) is 15.0. The first-order valence-electron chi connectivity index (χ1n) is 7.74. The Morgan fingerprint density at radius 2 is 1.95 bits per heavy atom. The molecule has 114 valence electrons. The third-order valence-corrected chi connectivity index (χ3v) is 3.44. The number of hydrogen-bond donors (Lipinski definition) is 1. The number of halogens is 1. The molecule has 0 saturated carbocycles. The van der Waals surface area contributed by atoms with Crippen LogP contribution in [0.1, 0.15) is 58.6 Å². The largest absolute Gasteiger partial charge is 0.493 e. The first-order chi connectivity index (χ1) is 9.58. The Bertz CT molecular complexity index is 395. The summed E-state index contributed by atoms with van der Waals surface area (Å²) in [6.07, 6.45) is 3.37. The van der Waals surface area contributed by atoms with E-state index >= 15 is 0 Å². The molecule has 0 spiro atoms. The number of benzene rings is 1. The molecule has 1 aromatic carbocycles. The minimum absolute atomic E-state index is 0.0992. The maximum Gasteiger partial charge on any atom is 0.124 e. The Morgan fingerprint density at radius 1 is 1.20 bits per heavy atom. The van der Waals surface area contributed by atoms with Gasteiger partial charge >= 0.3 is 0 Å². The van der Waals surface area contributed by atoms with Crippen molar-refractivity contribution >= 4 is 0 Å². The van der Waals surface area contributed by atoms with Crippen LogP contribution in [-0.2, 0) is 0 Å². The molecule has 0 aliphatic carbocycles. The fourth-order valence-electron chi connectivity index (χ4n) is 2.27. The first-order valence-corrected chi connectivity index (χ1v) is 7.74. The van der Waals surface area contributed by atoms with Gasteiger partial charge in [0.15, 0.2) is 0 Å². The van der Waals surface area contributed by atoms with Crippen molar-refractivity contribution in [3.63, 3.8) is 0 Å². The lowest BCUT2D eigenvalue weighted by molar-refractivity contribution is 0.247. The second-order valence-electron chi connectivity index (χ2n) is 5.56. The highest BCUT2D eigenvalue weighted by Crippen LogP contribution is 2.27. The summed E-state index contributed by atoms with van der Waals surface area (Å²) in [5, 5.41) is 3.38. The van der Waals surface area contributed by atoms with Crippen molar-refractivity contribution in [2.24, 2.45) is 5.92 Å². The molecule has 1 rings (SSSR count). The van der Waals surface area contributed by atoms with Gasteiger partial charge in [-0.25, -0.2) is 4.39 Å². The summed E-state index contributed by atoms with van der Waals surface area (Å²) >= 11 is 0. The van der Waals surface area contributed by atoms with Crippen molar-refractivity contribution < 1.29 is 9.13 Å². The molecule has 1 aromatic rings. The topological polar surface area (TPSA) is 21.3 Å². The standard InChI is InChI=1S/C17H28FNO/c1-5-7-13(3)12-20-17-9-8-15(18)11-16(17)14(4)19-10-6-2/h8-9,11,13-14,19H,5-7,10,12H2,1-4H3. The molecule has 20 heavy (non-hydrogen) atoms. The molecule has 0 aromatic heterocycles. The van der Waals surface area contributed by atoms with Gasteiger partial charge in [0.2, 0.25) is 0 Å². The number of hydrogen-bond acceptors (Lipinski definition) is 2. The first kappa shape index (κ1) is 17.0. The van der Waals surface area contributed by atoms with Crippen LogP contribution in [0.2, 0.25) is 0 Å². The fourth-order valence-corrected chi connectivity index (χ4v) is 2.27. The van der Waals surface area contributed by atoms with Gasteiger partial charge < -0.3 is 10.1 Å². The molecule has 0 aliphatic rings. The van der Waals surface area contributed by atoms with Gasteiger partial charge in [-0.05, 0) is 50.4 Å². The lowest BCUT2D eigenvalue weighted by Gasteiger charge is -2.20. The minimum atomic E-state index is -0.209. The predicted molar refractivity (Wildman–Crippen MR) is 82.7 cm³/mol. The monoisotopic (exact) mass is 281 g/mol. The molecular formula is C17H28FNO. The molecule has 0 heterocycles. The van der Waals surface area contributed by atoms with Crippen molar-refractivity contribution in [1.29, 1.82) is 0 Å². The highest BCUT2D eigenvalue weighted by molar-refractivity contribution is 5.36. The van der Waals surface area contributed by atoms with Crippen molar-refractivity contribution in [2.75, 3.05) is 13.2 Å². The molecule has 3 heteroatoms.